The molecule has 0 spiro atoms. The topological polar surface area (TPSA) is 111 Å². The molecule has 0 bridgehead atoms. The SMILES string of the molecule is COC(=O)C[C@H](NC(=O)C(C)(C)NC(=O)C1CCC1)C(=O)OC(C)(C)C. The van der Waals surface area contributed by atoms with E-state index in [1.54, 1.807) is 34.6 Å². The van der Waals surface area contributed by atoms with Crippen LogP contribution in [0.2, 0.25) is 0 Å². The van der Waals surface area contributed by atoms with Crippen LogP contribution in [-0.4, -0.2) is 48.0 Å². The fraction of sp³-hybridized carbons (Fsp3) is 0.778. The third kappa shape index (κ3) is 6.65. The molecule has 2 N–H and O–H groups in total. The van der Waals surface area contributed by atoms with Gasteiger partial charge in [0, 0.05) is 5.92 Å². The van der Waals surface area contributed by atoms with Crippen LogP contribution in [0.25, 0.3) is 0 Å². The van der Waals surface area contributed by atoms with Gasteiger partial charge >= 0.3 is 11.9 Å². The van der Waals surface area contributed by atoms with Gasteiger partial charge in [0.2, 0.25) is 11.8 Å². The molecule has 0 radical (unpaired) electrons. The first-order chi connectivity index (χ1) is 11.9. The van der Waals surface area contributed by atoms with Gasteiger partial charge in [0.1, 0.15) is 17.2 Å². The van der Waals surface area contributed by atoms with Crippen molar-refractivity contribution in [2.45, 2.75) is 77.5 Å². The van der Waals surface area contributed by atoms with E-state index in [0.717, 1.165) is 19.3 Å². The van der Waals surface area contributed by atoms with Gasteiger partial charge in [0.25, 0.3) is 0 Å². The molecule has 0 unspecified atom stereocenters. The van der Waals surface area contributed by atoms with Crippen molar-refractivity contribution in [3.8, 4) is 0 Å². The first-order valence-electron chi connectivity index (χ1n) is 8.78. The molecule has 0 heterocycles. The third-order valence-electron chi connectivity index (χ3n) is 4.07. The van der Waals surface area contributed by atoms with E-state index in [9.17, 15) is 19.2 Å². The van der Waals surface area contributed by atoms with Crippen LogP contribution in [-0.2, 0) is 28.7 Å². The maximum absolute atomic E-state index is 12.6. The number of esters is 2. The van der Waals surface area contributed by atoms with E-state index < -0.39 is 35.0 Å². The second-order valence-corrected chi connectivity index (χ2v) is 8.08. The maximum atomic E-state index is 12.6. The van der Waals surface area contributed by atoms with Crippen molar-refractivity contribution in [1.82, 2.24) is 10.6 Å². The van der Waals surface area contributed by atoms with Crippen molar-refractivity contribution in [2.24, 2.45) is 5.92 Å². The second-order valence-electron chi connectivity index (χ2n) is 8.08. The van der Waals surface area contributed by atoms with Crippen LogP contribution in [0, 0.1) is 5.92 Å². The Morgan fingerprint density at radius 3 is 2.08 bits per heavy atom. The molecule has 26 heavy (non-hydrogen) atoms. The standard InChI is InChI=1S/C18H30N2O6/c1-17(2,3)26-15(23)12(10-13(21)25-6)19-16(24)18(4,5)20-14(22)11-8-7-9-11/h11-12H,7-10H2,1-6H3,(H,19,24)(H,20,22)/t12-/m0/s1. The molecule has 0 aromatic heterocycles. The lowest BCUT2D eigenvalue weighted by atomic mass is 9.84. The first-order valence-corrected chi connectivity index (χ1v) is 8.78. The van der Waals surface area contributed by atoms with Crippen molar-refractivity contribution in [3.05, 3.63) is 0 Å². The summed E-state index contributed by atoms with van der Waals surface area (Å²) >= 11 is 0. The van der Waals surface area contributed by atoms with Crippen molar-refractivity contribution >= 4 is 23.8 Å². The van der Waals surface area contributed by atoms with Gasteiger partial charge < -0.3 is 20.1 Å². The van der Waals surface area contributed by atoms with Crippen LogP contribution in [0.4, 0.5) is 0 Å². The number of ether oxygens (including phenoxy) is 2. The Kier molecular flexibility index (Phi) is 7.17. The van der Waals surface area contributed by atoms with Crippen LogP contribution < -0.4 is 10.6 Å². The number of carbonyl (C=O) groups is 4. The molecular formula is C18H30N2O6. The smallest absolute Gasteiger partial charge is 0.329 e. The molecule has 148 valence electrons. The molecule has 0 aromatic rings. The molecule has 0 aromatic carbocycles. The number of methoxy groups -OCH3 is 1. The molecule has 1 aliphatic carbocycles. The molecular weight excluding hydrogens is 340 g/mol. The van der Waals surface area contributed by atoms with Crippen LogP contribution in [0.1, 0.15) is 60.3 Å². The van der Waals surface area contributed by atoms with Crippen molar-refractivity contribution in [1.29, 1.82) is 0 Å². The van der Waals surface area contributed by atoms with Gasteiger partial charge in [0.05, 0.1) is 13.5 Å². The minimum absolute atomic E-state index is 0.0706. The van der Waals surface area contributed by atoms with Crippen LogP contribution in [0.5, 0.6) is 0 Å². The van der Waals surface area contributed by atoms with Crippen LogP contribution in [0.15, 0.2) is 0 Å². The summed E-state index contributed by atoms with van der Waals surface area (Å²) in [6.45, 7) is 8.15. The zero-order chi connectivity index (χ0) is 20.1. The van der Waals surface area contributed by atoms with Crippen LogP contribution >= 0.6 is 0 Å². The summed E-state index contributed by atoms with van der Waals surface area (Å²) in [5, 5.41) is 5.19. The summed E-state index contributed by atoms with van der Waals surface area (Å²) in [7, 11) is 1.19. The number of amides is 2. The van der Waals surface area contributed by atoms with E-state index in [2.05, 4.69) is 15.4 Å². The molecule has 8 nitrogen and oxygen atoms in total. The van der Waals surface area contributed by atoms with E-state index >= 15 is 0 Å². The first kappa shape index (κ1) is 21.9. The minimum Gasteiger partial charge on any atom is -0.469 e. The fourth-order valence-corrected chi connectivity index (χ4v) is 2.29. The molecule has 1 saturated carbocycles. The van der Waals surface area contributed by atoms with Crippen molar-refractivity contribution in [3.63, 3.8) is 0 Å². The summed E-state index contributed by atoms with van der Waals surface area (Å²) in [5.74, 6) is -2.23. The van der Waals surface area contributed by atoms with Crippen LogP contribution in [0.3, 0.4) is 0 Å². The fourth-order valence-electron chi connectivity index (χ4n) is 2.29. The highest BCUT2D eigenvalue weighted by molar-refractivity contribution is 5.95. The number of hydrogen-bond donors (Lipinski definition) is 2. The van der Waals surface area contributed by atoms with Crippen molar-refractivity contribution in [2.75, 3.05) is 7.11 Å². The Balaban J connectivity index is 2.79. The Hall–Kier alpha value is -2.12. The Labute approximate surface area is 154 Å². The number of carbonyl (C=O) groups excluding carboxylic acids is 4. The van der Waals surface area contributed by atoms with E-state index in [4.69, 9.17) is 4.74 Å². The highest BCUT2D eigenvalue weighted by Gasteiger charge is 2.37. The van der Waals surface area contributed by atoms with Gasteiger partial charge in [0.15, 0.2) is 0 Å². The van der Waals surface area contributed by atoms with Gasteiger partial charge in [-0.25, -0.2) is 4.79 Å². The van der Waals surface area contributed by atoms with Gasteiger partial charge in [-0.05, 0) is 47.5 Å². The third-order valence-corrected chi connectivity index (χ3v) is 4.07. The minimum atomic E-state index is -1.23. The van der Waals surface area contributed by atoms with E-state index in [1.807, 2.05) is 0 Å². The zero-order valence-corrected chi connectivity index (χ0v) is 16.4. The number of nitrogens with one attached hydrogen (secondary N) is 2. The summed E-state index contributed by atoms with van der Waals surface area (Å²) < 4.78 is 9.83. The van der Waals surface area contributed by atoms with Gasteiger partial charge in [-0.1, -0.05) is 6.42 Å². The Morgan fingerprint density at radius 2 is 1.65 bits per heavy atom. The summed E-state index contributed by atoms with van der Waals surface area (Å²) in [4.78, 5) is 48.6. The summed E-state index contributed by atoms with van der Waals surface area (Å²) in [6, 6.07) is -1.20. The normalized spacial score (nSPS) is 16.1. The van der Waals surface area contributed by atoms with Gasteiger partial charge in [-0.2, -0.15) is 0 Å². The highest BCUT2D eigenvalue weighted by atomic mass is 16.6. The lowest BCUT2D eigenvalue weighted by Crippen LogP contribution is -2.59. The molecule has 1 rings (SSSR count). The maximum Gasteiger partial charge on any atom is 0.329 e. The lowest BCUT2D eigenvalue weighted by Gasteiger charge is -2.32. The average molecular weight is 370 g/mol. The molecule has 8 heteroatoms. The summed E-state index contributed by atoms with van der Waals surface area (Å²) in [6.07, 6.45) is 2.27. The second kappa shape index (κ2) is 8.51. The molecule has 0 saturated heterocycles. The zero-order valence-electron chi connectivity index (χ0n) is 16.4. The van der Waals surface area contributed by atoms with E-state index in [0.29, 0.717) is 0 Å². The number of hydrogen-bond acceptors (Lipinski definition) is 6. The highest BCUT2D eigenvalue weighted by Crippen LogP contribution is 2.27. The molecule has 1 atom stereocenters. The summed E-state index contributed by atoms with van der Waals surface area (Å²) in [5.41, 5.74) is -2.01. The lowest BCUT2D eigenvalue weighted by molar-refractivity contribution is -0.161. The quantitative estimate of drug-likeness (QED) is 0.649. The largest absolute Gasteiger partial charge is 0.469 e. The average Bonchev–Trinajstić information content (AvgIpc) is 2.41. The van der Waals surface area contributed by atoms with Gasteiger partial charge in [-0.15, -0.1) is 0 Å². The monoisotopic (exact) mass is 370 g/mol. The predicted molar refractivity (Wildman–Crippen MR) is 94.0 cm³/mol. The Bertz CT molecular complexity index is 561. The molecule has 0 aliphatic heterocycles. The van der Waals surface area contributed by atoms with Crippen molar-refractivity contribution < 1.29 is 28.7 Å². The number of rotatable bonds is 7. The van der Waals surface area contributed by atoms with E-state index in [1.165, 1.54) is 7.11 Å². The van der Waals surface area contributed by atoms with Gasteiger partial charge in [-0.3, -0.25) is 14.4 Å². The Morgan fingerprint density at radius 1 is 1.08 bits per heavy atom. The predicted octanol–water partition coefficient (Wildman–Crippen LogP) is 1.07. The molecule has 1 fully saturated rings. The molecule has 1 aliphatic rings. The van der Waals surface area contributed by atoms with E-state index in [-0.39, 0.29) is 18.2 Å². The molecule has 2 amide bonds.